The van der Waals surface area contributed by atoms with Crippen LogP contribution in [0, 0.1) is 11.8 Å². The van der Waals surface area contributed by atoms with E-state index in [1.54, 1.807) is 0 Å². The van der Waals surface area contributed by atoms with Crippen LogP contribution in [0.2, 0.25) is 0 Å². The van der Waals surface area contributed by atoms with Crippen molar-refractivity contribution < 1.29 is 0 Å². The van der Waals surface area contributed by atoms with Gasteiger partial charge in [0.15, 0.2) is 5.96 Å². The van der Waals surface area contributed by atoms with E-state index >= 15 is 0 Å². The third kappa shape index (κ3) is 6.24. The number of guanidine groups is 1. The second kappa shape index (κ2) is 8.35. The molecule has 0 saturated carbocycles. The first-order chi connectivity index (χ1) is 8.61. The molecule has 0 aromatic rings. The van der Waals surface area contributed by atoms with Gasteiger partial charge in [-0.3, -0.25) is 4.99 Å². The fourth-order valence-electron chi connectivity index (χ4n) is 2.36. The molecule has 1 aliphatic heterocycles. The monoisotopic (exact) mass is 254 g/mol. The fourth-order valence-corrected chi connectivity index (χ4v) is 2.36. The summed E-state index contributed by atoms with van der Waals surface area (Å²) in [5, 5.41) is 3.19. The molecule has 0 radical (unpaired) electrons. The number of aliphatic imine (C=N–C) groups is 1. The minimum atomic E-state index is 0.615. The molecule has 0 aromatic carbocycles. The van der Waals surface area contributed by atoms with E-state index in [1.807, 2.05) is 0 Å². The molecule has 0 aliphatic carbocycles. The molecular formula is C14H30N4. The highest BCUT2D eigenvalue weighted by molar-refractivity contribution is 5.77. The number of nitrogens with two attached hydrogens (primary N) is 1. The lowest BCUT2D eigenvalue weighted by molar-refractivity contribution is 0.186. The number of hydrogen-bond donors (Lipinski definition) is 2. The zero-order valence-corrected chi connectivity index (χ0v) is 12.3. The number of nitrogens with one attached hydrogen (secondary N) is 1. The largest absolute Gasteiger partial charge is 0.370 e. The van der Waals surface area contributed by atoms with Crippen LogP contribution in [0.5, 0.6) is 0 Å². The van der Waals surface area contributed by atoms with E-state index in [1.165, 1.54) is 25.9 Å². The predicted molar refractivity (Wildman–Crippen MR) is 78.8 cm³/mol. The zero-order valence-electron chi connectivity index (χ0n) is 12.3. The van der Waals surface area contributed by atoms with Gasteiger partial charge in [0.1, 0.15) is 0 Å². The SMILES string of the molecule is CCN1CCCC(CN=C(N)NCCC(C)C)C1. The van der Waals surface area contributed by atoms with E-state index in [0.29, 0.717) is 17.8 Å². The first-order valence-electron chi connectivity index (χ1n) is 7.38. The summed E-state index contributed by atoms with van der Waals surface area (Å²) in [6, 6.07) is 0. The van der Waals surface area contributed by atoms with Gasteiger partial charge in [-0.15, -0.1) is 0 Å². The molecule has 1 unspecified atom stereocenters. The molecule has 18 heavy (non-hydrogen) atoms. The Kier molecular flexibility index (Phi) is 7.09. The fraction of sp³-hybridized carbons (Fsp3) is 0.929. The van der Waals surface area contributed by atoms with Crippen LogP contribution in [0.3, 0.4) is 0 Å². The summed E-state index contributed by atoms with van der Waals surface area (Å²) in [6.45, 7) is 12.1. The topological polar surface area (TPSA) is 53.6 Å². The first kappa shape index (κ1) is 15.3. The molecule has 106 valence electrons. The summed E-state index contributed by atoms with van der Waals surface area (Å²) < 4.78 is 0. The molecule has 1 atom stereocenters. The van der Waals surface area contributed by atoms with Crippen LogP contribution in [0.4, 0.5) is 0 Å². The van der Waals surface area contributed by atoms with E-state index in [-0.39, 0.29) is 0 Å². The number of piperidine rings is 1. The van der Waals surface area contributed by atoms with E-state index in [9.17, 15) is 0 Å². The maximum atomic E-state index is 5.87. The van der Waals surface area contributed by atoms with Gasteiger partial charge < -0.3 is 16.0 Å². The number of likely N-dealkylation sites (tertiary alicyclic amines) is 1. The van der Waals surface area contributed by atoms with Gasteiger partial charge in [-0.25, -0.2) is 0 Å². The molecule has 0 bridgehead atoms. The highest BCUT2D eigenvalue weighted by Gasteiger charge is 2.18. The van der Waals surface area contributed by atoms with Crippen molar-refractivity contribution in [3.05, 3.63) is 0 Å². The quantitative estimate of drug-likeness (QED) is 0.560. The Morgan fingerprint density at radius 3 is 2.94 bits per heavy atom. The third-order valence-electron chi connectivity index (χ3n) is 3.60. The van der Waals surface area contributed by atoms with E-state index in [0.717, 1.165) is 26.1 Å². The van der Waals surface area contributed by atoms with Crippen LogP contribution in [-0.4, -0.2) is 43.6 Å². The summed E-state index contributed by atoms with van der Waals surface area (Å²) in [5.41, 5.74) is 5.87. The van der Waals surface area contributed by atoms with Gasteiger partial charge >= 0.3 is 0 Å². The maximum Gasteiger partial charge on any atom is 0.188 e. The van der Waals surface area contributed by atoms with Gasteiger partial charge in [-0.1, -0.05) is 20.8 Å². The van der Waals surface area contributed by atoms with Crippen molar-refractivity contribution in [2.24, 2.45) is 22.6 Å². The molecule has 4 nitrogen and oxygen atoms in total. The van der Waals surface area contributed by atoms with E-state index in [2.05, 4.69) is 36.0 Å². The highest BCUT2D eigenvalue weighted by Crippen LogP contribution is 2.16. The Hall–Kier alpha value is -0.770. The van der Waals surface area contributed by atoms with Crippen LogP contribution < -0.4 is 11.1 Å². The zero-order chi connectivity index (χ0) is 13.4. The average Bonchev–Trinajstić information content (AvgIpc) is 2.36. The van der Waals surface area contributed by atoms with Crippen molar-refractivity contribution in [1.82, 2.24) is 10.2 Å². The molecule has 1 fully saturated rings. The minimum absolute atomic E-state index is 0.615. The lowest BCUT2D eigenvalue weighted by Gasteiger charge is -2.30. The number of hydrogen-bond acceptors (Lipinski definition) is 2. The van der Waals surface area contributed by atoms with Gasteiger partial charge in [-0.2, -0.15) is 0 Å². The summed E-state index contributed by atoms with van der Waals surface area (Å²) in [4.78, 5) is 6.98. The molecule has 3 N–H and O–H groups in total. The maximum absolute atomic E-state index is 5.87. The van der Waals surface area contributed by atoms with Gasteiger partial charge in [0.25, 0.3) is 0 Å². The Bertz CT molecular complexity index is 250. The predicted octanol–water partition coefficient (Wildman–Crippen LogP) is 1.67. The van der Waals surface area contributed by atoms with Crippen LogP contribution in [0.15, 0.2) is 4.99 Å². The van der Waals surface area contributed by atoms with Crippen molar-refractivity contribution in [2.75, 3.05) is 32.7 Å². The molecule has 4 heteroatoms. The molecule has 1 heterocycles. The van der Waals surface area contributed by atoms with Crippen LogP contribution >= 0.6 is 0 Å². The van der Waals surface area contributed by atoms with Crippen LogP contribution in [-0.2, 0) is 0 Å². The second-order valence-corrected chi connectivity index (χ2v) is 5.74. The van der Waals surface area contributed by atoms with Gasteiger partial charge in [-0.05, 0) is 44.2 Å². The van der Waals surface area contributed by atoms with Crippen molar-refractivity contribution >= 4 is 5.96 Å². The summed E-state index contributed by atoms with van der Waals surface area (Å²) >= 11 is 0. The number of nitrogens with zero attached hydrogens (tertiary/aromatic N) is 2. The van der Waals surface area contributed by atoms with Gasteiger partial charge in [0.2, 0.25) is 0 Å². The average molecular weight is 254 g/mol. The molecule has 1 saturated heterocycles. The lowest BCUT2D eigenvalue weighted by Crippen LogP contribution is -2.37. The molecule has 0 spiro atoms. The summed E-state index contributed by atoms with van der Waals surface area (Å²) in [5.74, 6) is 2.01. The van der Waals surface area contributed by atoms with Crippen LogP contribution in [0.1, 0.15) is 40.0 Å². The van der Waals surface area contributed by atoms with E-state index < -0.39 is 0 Å². The standard InChI is InChI=1S/C14H30N4/c1-4-18-9-5-6-13(11-18)10-17-14(15)16-8-7-12(2)3/h12-13H,4-11H2,1-3H3,(H3,15,16,17). The van der Waals surface area contributed by atoms with Gasteiger partial charge in [0, 0.05) is 19.6 Å². The van der Waals surface area contributed by atoms with Gasteiger partial charge in [0.05, 0.1) is 0 Å². The van der Waals surface area contributed by atoms with Crippen molar-refractivity contribution in [3.8, 4) is 0 Å². The van der Waals surface area contributed by atoms with Crippen molar-refractivity contribution in [2.45, 2.75) is 40.0 Å². The highest BCUT2D eigenvalue weighted by atomic mass is 15.1. The van der Waals surface area contributed by atoms with Crippen molar-refractivity contribution in [3.63, 3.8) is 0 Å². The first-order valence-corrected chi connectivity index (χ1v) is 7.38. The summed E-state index contributed by atoms with van der Waals surface area (Å²) in [7, 11) is 0. The van der Waals surface area contributed by atoms with Crippen LogP contribution in [0.25, 0.3) is 0 Å². The molecule has 1 aliphatic rings. The molecule has 0 aromatic heterocycles. The molecule has 1 rings (SSSR count). The second-order valence-electron chi connectivity index (χ2n) is 5.74. The minimum Gasteiger partial charge on any atom is -0.370 e. The Morgan fingerprint density at radius 1 is 1.50 bits per heavy atom. The molecule has 0 amide bonds. The normalized spacial score (nSPS) is 22.4. The summed E-state index contributed by atoms with van der Waals surface area (Å²) in [6.07, 6.45) is 3.73. The Labute approximate surface area is 112 Å². The Balaban J connectivity index is 2.21. The molecular weight excluding hydrogens is 224 g/mol. The third-order valence-corrected chi connectivity index (χ3v) is 3.60. The smallest absolute Gasteiger partial charge is 0.188 e. The van der Waals surface area contributed by atoms with Crippen molar-refractivity contribution in [1.29, 1.82) is 0 Å². The lowest BCUT2D eigenvalue weighted by atomic mass is 9.98. The van der Waals surface area contributed by atoms with E-state index in [4.69, 9.17) is 5.73 Å². The Morgan fingerprint density at radius 2 is 2.28 bits per heavy atom. The number of rotatable bonds is 6.